The van der Waals surface area contributed by atoms with Gasteiger partial charge >= 0.3 is 0 Å². The first-order chi connectivity index (χ1) is 12.9. The highest BCUT2D eigenvalue weighted by Crippen LogP contribution is 2.34. The highest BCUT2D eigenvalue weighted by molar-refractivity contribution is 6.09. The third kappa shape index (κ3) is 4.88. The molecule has 0 aliphatic heterocycles. The third-order valence-corrected chi connectivity index (χ3v) is 3.99. The zero-order valence-corrected chi connectivity index (χ0v) is 16.2. The van der Waals surface area contributed by atoms with Crippen LogP contribution in [0.2, 0.25) is 0 Å². The van der Waals surface area contributed by atoms with Gasteiger partial charge in [0.2, 0.25) is 5.91 Å². The largest absolute Gasteiger partial charge is 0.493 e. The van der Waals surface area contributed by atoms with Crippen molar-refractivity contribution in [3.8, 4) is 11.5 Å². The number of amides is 2. The van der Waals surface area contributed by atoms with Crippen molar-refractivity contribution < 1.29 is 19.1 Å². The Morgan fingerprint density at radius 1 is 1.00 bits per heavy atom. The predicted octanol–water partition coefficient (Wildman–Crippen LogP) is 3.45. The van der Waals surface area contributed by atoms with Gasteiger partial charge < -0.3 is 19.7 Å². The molecule has 0 heterocycles. The van der Waals surface area contributed by atoms with Gasteiger partial charge in [-0.3, -0.25) is 9.59 Å². The van der Waals surface area contributed by atoms with Crippen molar-refractivity contribution in [2.75, 3.05) is 33.6 Å². The number of ether oxygens (including phenoxy) is 2. The standard InChI is InChI=1S/C21H24N2O4/c1-14(15-9-7-6-8-10-15)11-20(24)22-17-13-19(27-5)18(26-4)12-16(17)21(25)23(2)3/h6-13H,1-5H3,(H,22,24). The molecule has 2 amide bonds. The van der Waals surface area contributed by atoms with Crippen molar-refractivity contribution in [3.63, 3.8) is 0 Å². The summed E-state index contributed by atoms with van der Waals surface area (Å²) in [6.07, 6.45) is 1.50. The molecule has 2 rings (SSSR count). The van der Waals surface area contributed by atoms with Crippen LogP contribution in [0.3, 0.4) is 0 Å². The van der Waals surface area contributed by atoms with Crippen molar-refractivity contribution in [2.24, 2.45) is 0 Å². The van der Waals surface area contributed by atoms with E-state index in [9.17, 15) is 9.59 Å². The first-order valence-electron chi connectivity index (χ1n) is 8.39. The Hall–Kier alpha value is -3.28. The Morgan fingerprint density at radius 2 is 1.59 bits per heavy atom. The minimum atomic E-state index is -0.337. The van der Waals surface area contributed by atoms with Crippen molar-refractivity contribution in [2.45, 2.75) is 6.92 Å². The lowest BCUT2D eigenvalue weighted by molar-refractivity contribution is -0.111. The second-order valence-corrected chi connectivity index (χ2v) is 6.13. The molecule has 0 saturated heterocycles. The molecule has 0 spiro atoms. The zero-order chi connectivity index (χ0) is 20.0. The number of carbonyl (C=O) groups is 2. The van der Waals surface area contributed by atoms with Crippen LogP contribution < -0.4 is 14.8 Å². The molecule has 2 aromatic rings. The second-order valence-electron chi connectivity index (χ2n) is 6.13. The molecule has 27 heavy (non-hydrogen) atoms. The Balaban J connectivity index is 2.38. The molecule has 0 aliphatic carbocycles. The van der Waals surface area contributed by atoms with Crippen molar-refractivity contribution in [1.29, 1.82) is 0 Å². The molecule has 142 valence electrons. The van der Waals surface area contributed by atoms with Gasteiger partial charge in [-0.15, -0.1) is 0 Å². The fraction of sp³-hybridized carbons (Fsp3) is 0.238. The molecule has 6 heteroatoms. The van der Waals surface area contributed by atoms with Gasteiger partial charge in [-0.1, -0.05) is 30.3 Å². The molecule has 0 bridgehead atoms. The van der Waals surface area contributed by atoms with E-state index in [-0.39, 0.29) is 11.8 Å². The van der Waals surface area contributed by atoms with Gasteiger partial charge in [-0.05, 0) is 24.1 Å². The SMILES string of the molecule is COc1cc(NC(=O)C=C(C)c2ccccc2)c(C(=O)N(C)C)cc1OC. The number of nitrogens with zero attached hydrogens (tertiary/aromatic N) is 1. The number of anilines is 1. The summed E-state index contributed by atoms with van der Waals surface area (Å²) in [6, 6.07) is 12.7. The molecule has 0 unspecified atom stereocenters. The molecule has 6 nitrogen and oxygen atoms in total. The number of carbonyl (C=O) groups excluding carboxylic acids is 2. The first kappa shape index (κ1) is 20.0. The van der Waals surface area contributed by atoms with Crippen LogP contribution in [-0.2, 0) is 4.79 Å². The van der Waals surface area contributed by atoms with Crippen LogP contribution in [0.5, 0.6) is 11.5 Å². The average molecular weight is 368 g/mol. The summed E-state index contributed by atoms with van der Waals surface area (Å²) >= 11 is 0. The fourth-order valence-electron chi connectivity index (χ4n) is 2.55. The van der Waals surface area contributed by atoms with E-state index < -0.39 is 0 Å². The van der Waals surface area contributed by atoms with Crippen LogP contribution in [0.4, 0.5) is 5.69 Å². The highest BCUT2D eigenvalue weighted by Gasteiger charge is 2.19. The summed E-state index contributed by atoms with van der Waals surface area (Å²) in [7, 11) is 6.27. The van der Waals surface area contributed by atoms with Crippen LogP contribution >= 0.6 is 0 Å². The first-order valence-corrected chi connectivity index (χ1v) is 8.39. The summed E-state index contributed by atoms with van der Waals surface area (Å²) in [5.74, 6) is 0.245. The third-order valence-electron chi connectivity index (χ3n) is 3.99. The molecular weight excluding hydrogens is 344 g/mol. The molecule has 0 aromatic heterocycles. The van der Waals surface area contributed by atoms with Crippen molar-refractivity contribution in [3.05, 3.63) is 59.7 Å². The average Bonchev–Trinajstić information content (AvgIpc) is 2.67. The Kier molecular flexibility index (Phi) is 6.60. The van der Waals surface area contributed by atoms with E-state index in [1.807, 2.05) is 37.3 Å². The maximum atomic E-state index is 12.5. The van der Waals surface area contributed by atoms with Crippen LogP contribution in [0, 0.1) is 0 Å². The number of nitrogens with one attached hydrogen (secondary N) is 1. The van der Waals surface area contributed by atoms with Crippen LogP contribution in [0.15, 0.2) is 48.5 Å². The van der Waals surface area contributed by atoms with Gasteiger partial charge in [-0.2, -0.15) is 0 Å². The van der Waals surface area contributed by atoms with Gasteiger partial charge in [0, 0.05) is 26.2 Å². The lowest BCUT2D eigenvalue weighted by Gasteiger charge is -2.17. The molecule has 0 radical (unpaired) electrons. The van der Waals surface area contributed by atoms with Gasteiger partial charge in [0.1, 0.15) is 0 Å². The fourth-order valence-corrected chi connectivity index (χ4v) is 2.55. The molecule has 0 fully saturated rings. The minimum Gasteiger partial charge on any atom is -0.493 e. The minimum absolute atomic E-state index is 0.255. The number of benzene rings is 2. The Morgan fingerprint density at radius 3 is 2.15 bits per heavy atom. The maximum Gasteiger partial charge on any atom is 0.255 e. The van der Waals surface area contributed by atoms with Crippen molar-refractivity contribution in [1.82, 2.24) is 4.90 Å². The zero-order valence-electron chi connectivity index (χ0n) is 16.2. The van der Waals surface area contributed by atoms with Crippen LogP contribution in [0.1, 0.15) is 22.8 Å². The normalized spacial score (nSPS) is 10.9. The quantitative estimate of drug-likeness (QED) is 0.793. The topological polar surface area (TPSA) is 67.9 Å². The molecule has 0 saturated carbocycles. The number of allylic oxidation sites excluding steroid dienone is 1. The number of hydrogen-bond acceptors (Lipinski definition) is 4. The predicted molar refractivity (Wildman–Crippen MR) is 106 cm³/mol. The van der Waals surface area contributed by atoms with E-state index in [0.717, 1.165) is 11.1 Å². The smallest absolute Gasteiger partial charge is 0.255 e. The van der Waals surface area contributed by atoms with Crippen LogP contribution in [-0.4, -0.2) is 45.0 Å². The number of rotatable bonds is 6. The van der Waals surface area contributed by atoms with Crippen LogP contribution in [0.25, 0.3) is 5.57 Å². The van der Waals surface area contributed by atoms with E-state index in [1.165, 1.54) is 25.2 Å². The summed E-state index contributed by atoms with van der Waals surface area (Å²) in [5, 5.41) is 2.77. The Labute approximate surface area is 159 Å². The number of methoxy groups -OCH3 is 2. The summed E-state index contributed by atoms with van der Waals surface area (Å²) in [5.41, 5.74) is 2.43. The van der Waals surface area contributed by atoms with E-state index >= 15 is 0 Å². The summed E-state index contributed by atoms with van der Waals surface area (Å²) < 4.78 is 10.6. The molecule has 0 aliphatic rings. The molecular formula is C21H24N2O4. The van der Waals surface area contributed by atoms with E-state index in [0.29, 0.717) is 22.7 Å². The maximum absolute atomic E-state index is 12.5. The van der Waals surface area contributed by atoms with E-state index in [4.69, 9.17) is 9.47 Å². The Bertz CT molecular complexity index is 858. The van der Waals surface area contributed by atoms with E-state index in [2.05, 4.69) is 5.32 Å². The molecule has 2 aromatic carbocycles. The second kappa shape index (κ2) is 8.89. The van der Waals surface area contributed by atoms with Gasteiger partial charge in [0.05, 0.1) is 25.5 Å². The van der Waals surface area contributed by atoms with Gasteiger partial charge in [0.25, 0.3) is 5.91 Å². The summed E-state index contributed by atoms with van der Waals surface area (Å²) in [6.45, 7) is 1.86. The van der Waals surface area contributed by atoms with E-state index in [1.54, 1.807) is 26.2 Å². The molecule has 0 atom stereocenters. The van der Waals surface area contributed by atoms with Gasteiger partial charge in [-0.25, -0.2) is 0 Å². The lowest BCUT2D eigenvalue weighted by atomic mass is 10.1. The number of hydrogen-bond donors (Lipinski definition) is 1. The summed E-state index contributed by atoms with van der Waals surface area (Å²) in [4.78, 5) is 26.5. The molecule has 1 N–H and O–H groups in total. The van der Waals surface area contributed by atoms with Crippen molar-refractivity contribution >= 4 is 23.1 Å². The highest BCUT2D eigenvalue weighted by atomic mass is 16.5. The van der Waals surface area contributed by atoms with Gasteiger partial charge in [0.15, 0.2) is 11.5 Å². The monoisotopic (exact) mass is 368 g/mol. The lowest BCUT2D eigenvalue weighted by Crippen LogP contribution is -2.24.